The zero-order valence-corrected chi connectivity index (χ0v) is 12.7. The molecular weight excluding hydrogens is 320 g/mol. The van der Waals surface area contributed by atoms with E-state index in [9.17, 15) is 18.4 Å². The smallest absolute Gasteiger partial charge is 0.326 e. The van der Waals surface area contributed by atoms with Gasteiger partial charge in [-0.2, -0.15) is 0 Å². The van der Waals surface area contributed by atoms with Crippen LogP contribution in [0.2, 0.25) is 5.02 Å². The topological polar surface area (TPSA) is 75.6 Å². The highest BCUT2D eigenvalue weighted by Gasteiger charge is 2.34. The minimum absolute atomic E-state index is 0.299. The maximum absolute atomic E-state index is 12.3. The van der Waals surface area contributed by atoms with Gasteiger partial charge in [-0.15, -0.1) is 0 Å². The Morgan fingerprint density at radius 1 is 1.41 bits per heavy atom. The van der Waals surface area contributed by atoms with Crippen molar-refractivity contribution < 1.29 is 28.2 Å². The average Bonchev–Trinajstić information content (AvgIpc) is 2.36. The molecule has 1 amide bonds. The van der Waals surface area contributed by atoms with Gasteiger partial charge in [-0.3, -0.25) is 4.79 Å². The minimum Gasteiger partial charge on any atom is -0.480 e. The Kier molecular flexibility index (Phi) is 6.11. The van der Waals surface area contributed by atoms with Crippen LogP contribution in [0.25, 0.3) is 0 Å². The summed E-state index contributed by atoms with van der Waals surface area (Å²) in [6.07, 6.45) is -3.83. The monoisotopic (exact) mass is 335 g/mol. The van der Waals surface area contributed by atoms with E-state index in [0.717, 1.165) is 0 Å². The van der Waals surface area contributed by atoms with Crippen LogP contribution in [0.1, 0.15) is 20.3 Å². The summed E-state index contributed by atoms with van der Waals surface area (Å²) in [7, 11) is 0. The SMILES string of the molecule is CC(C)(Oc1cccc(Cl)c1)C(=O)NC(CC(F)F)C(=O)O. The molecule has 0 aliphatic heterocycles. The van der Waals surface area contributed by atoms with E-state index in [2.05, 4.69) is 0 Å². The van der Waals surface area contributed by atoms with Crippen molar-refractivity contribution in [1.82, 2.24) is 5.32 Å². The lowest BCUT2D eigenvalue weighted by Gasteiger charge is -2.27. The van der Waals surface area contributed by atoms with Crippen LogP contribution < -0.4 is 10.1 Å². The summed E-state index contributed by atoms with van der Waals surface area (Å²) >= 11 is 5.79. The molecule has 1 aromatic carbocycles. The Bertz CT molecular complexity index is 551. The number of rotatable bonds is 7. The van der Waals surface area contributed by atoms with E-state index in [1.807, 2.05) is 5.32 Å². The van der Waals surface area contributed by atoms with Crippen LogP contribution in [-0.4, -0.2) is 35.1 Å². The summed E-state index contributed by atoms with van der Waals surface area (Å²) in [5.74, 6) is -2.05. The number of benzene rings is 1. The second kappa shape index (κ2) is 7.40. The molecule has 0 heterocycles. The summed E-state index contributed by atoms with van der Waals surface area (Å²) in [5, 5.41) is 11.3. The van der Waals surface area contributed by atoms with Gasteiger partial charge >= 0.3 is 5.97 Å². The minimum atomic E-state index is -2.85. The van der Waals surface area contributed by atoms with E-state index in [1.54, 1.807) is 18.2 Å². The number of carboxylic acids is 1. The molecule has 0 saturated heterocycles. The van der Waals surface area contributed by atoms with Crippen molar-refractivity contribution in [2.45, 2.75) is 38.3 Å². The Hall–Kier alpha value is -1.89. The molecule has 0 saturated carbocycles. The summed E-state index contributed by atoms with van der Waals surface area (Å²) < 4.78 is 30.1. The summed E-state index contributed by atoms with van der Waals surface area (Å²) in [6.45, 7) is 2.79. The van der Waals surface area contributed by atoms with Gasteiger partial charge in [-0.25, -0.2) is 13.6 Å². The van der Waals surface area contributed by atoms with Crippen LogP contribution in [0, 0.1) is 0 Å². The molecule has 0 aliphatic carbocycles. The van der Waals surface area contributed by atoms with Crippen molar-refractivity contribution in [1.29, 1.82) is 0 Å². The molecule has 0 aromatic heterocycles. The van der Waals surface area contributed by atoms with Crippen LogP contribution in [0.5, 0.6) is 5.75 Å². The van der Waals surface area contributed by atoms with Crippen molar-refractivity contribution in [3.05, 3.63) is 29.3 Å². The second-order valence-corrected chi connectivity index (χ2v) is 5.50. The largest absolute Gasteiger partial charge is 0.480 e. The van der Waals surface area contributed by atoms with Gasteiger partial charge in [0.1, 0.15) is 11.8 Å². The Morgan fingerprint density at radius 3 is 2.55 bits per heavy atom. The lowest BCUT2D eigenvalue weighted by Crippen LogP contribution is -2.52. The van der Waals surface area contributed by atoms with Crippen molar-refractivity contribution in [2.24, 2.45) is 0 Å². The van der Waals surface area contributed by atoms with E-state index in [1.165, 1.54) is 19.9 Å². The number of ether oxygens (including phenoxy) is 1. The number of carboxylic acid groups (broad SMARTS) is 1. The third-order valence-corrected chi connectivity index (χ3v) is 2.97. The number of halogens is 3. The zero-order valence-electron chi connectivity index (χ0n) is 12.0. The molecule has 0 fully saturated rings. The van der Waals surface area contributed by atoms with Gasteiger partial charge in [0, 0.05) is 11.4 Å². The highest BCUT2D eigenvalue weighted by molar-refractivity contribution is 6.30. The third-order valence-electron chi connectivity index (χ3n) is 2.73. The fraction of sp³-hybridized carbons (Fsp3) is 0.429. The van der Waals surface area contributed by atoms with Crippen LogP contribution in [0.3, 0.4) is 0 Å². The van der Waals surface area contributed by atoms with Crippen molar-refractivity contribution >= 4 is 23.5 Å². The fourth-order valence-electron chi connectivity index (χ4n) is 1.60. The van der Waals surface area contributed by atoms with Crippen molar-refractivity contribution in [3.8, 4) is 5.75 Å². The quantitative estimate of drug-likeness (QED) is 0.803. The van der Waals surface area contributed by atoms with Gasteiger partial charge in [0.05, 0.1) is 0 Å². The van der Waals surface area contributed by atoms with E-state index < -0.39 is 36.4 Å². The second-order valence-electron chi connectivity index (χ2n) is 5.06. The molecular formula is C14H16ClF2NO4. The fourth-order valence-corrected chi connectivity index (χ4v) is 1.78. The zero-order chi connectivity index (χ0) is 16.9. The molecule has 1 rings (SSSR count). The first-order valence-electron chi connectivity index (χ1n) is 6.38. The number of hydrogen-bond donors (Lipinski definition) is 2. The molecule has 5 nitrogen and oxygen atoms in total. The number of carbonyl (C=O) groups is 2. The molecule has 0 radical (unpaired) electrons. The predicted octanol–water partition coefficient (Wildman–Crippen LogP) is 2.72. The molecule has 2 N–H and O–H groups in total. The molecule has 122 valence electrons. The molecule has 0 aliphatic rings. The molecule has 1 atom stereocenters. The van der Waals surface area contributed by atoms with Gasteiger partial charge in [-0.1, -0.05) is 17.7 Å². The molecule has 0 bridgehead atoms. The van der Waals surface area contributed by atoms with Crippen molar-refractivity contribution in [2.75, 3.05) is 0 Å². The van der Waals surface area contributed by atoms with Crippen molar-refractivity contribution in [3.63, 3.8) is 0 Å². The van der Waals surface area contributed by atoms with Crippen LogP contribution in [-0.2, 0) is 9.59 Å². The van der Waals surface area contributed by atoms with E-state index in [4.69, 9.17) is 21.4 Å². The van der Waals surface area contributed by atoms with Gasteiger partial charge in [0.25, 0.3) is 5.91 Å². The molecule has 8 heteroatoms. The first-order valence-corrected chi connectivity index (χ1v) is 6.76. The van der Waals surface area contributed by atoms with E-state index in [0.29, 0.717) is 10.8 Å². The Labute approximate surface area is 131 Å². The molecule has 1 aromatic rings. The van der Waals surface area contributed by atoms with Gasteiger partial charge in [0.2, 0.25) is 6.43 Å². The number of carbonyl (C=O) groups excluding carboxylic acids is 1. The highest BCUT2D eigenvalue weighted by atomic mass is 35.5. The number of amides is 1. The third kappa shape index (κ3) is 5.48. The van der Waals surface area contributed by atoms with Crippen LogP contribution in [0.15, 0.2) is 24.3 Å². The number of nitrogens with one attached hydrogen (secondary N) is 1. The van der Waals surface area contributed by atoms with Gasteiger partial charge in [0.15, 0.2) is 5.60 Å². The lowest BCUT2D eigenvalue weighted by molar-refractivity contribution is -0.146. The first-order chi connectivity index (χ1) is 10.1. The average molecular weight is 336 g/mol. The maximum Gasteiger partial charge on any atom is 0.326 e. The van der Waals surface area contributed by atoms with E-state index in [-0.39, 0.29) is 0 Å². The first kappa shape index (κ1) is 18.2. The Morgan fingerprint density at radius 2 is 2.05 bits per heavy atom. The highest BCUT2D eigenvalue weighted by Crippen LogP contribution is 2.22. The maximum atomic E-state index is 12.3. The molecule has 0 spiro atoms. The van der Waals surface area contributed by atoms with E-state index >= 15 is 0 Å². The summed E-state index contributed by atoms with van der Waals surface area (Å²) in [5.41, 5.74) is -1.46. The van der Waals surface area contributed by atoms with Crippen LogP contribution >= 0.6 is 11.6 Å². The molecule has 1 unspecified atom stereocenters. The van der Waals surface area contributed by atoms with Crippen LogP contribution in [0.4, 0.5) is 8.78 Å². The predicted molar refractivity (Wildman–Crippen MR) is 76.3 cm³/mol. The number of aliphatic carboxylic acids is 1. The van der Waals surface area contributed by atoms with Gasteiger partial charge < -0.3 is 15.2 Å². The summed E-state index contributed by atoms with van der Waals surface area (Å²) in [6, 6.07) is 4.58. The number of hydrogen-bond acceptors (Lipinski definition) is 3. The number of alkyl halides is 2. The lowest BCUT2D eigenvalue weighted by atomic mass is 10.1. The normalized spacial score (nSPS) is 12.8. The molecule has 22 heavy (non-hydrogen) atoms. The van der Waals surface area contributed by atoms with Gasteiger partial charge in [-0.05, 0) is 32.0 Å². The standard InChI is InChI=1S/C14H16ClF2NO4/c1-14(2,22-9-5-3-4-8(15)6-9)13(21)18-10(12(19)20)7-11(16)17/h3-6,10-11H,7H2,1-2H3,(H,18,21)(H,19,20). The Balaban J connectivity index is 2.78. The summed E-state index contributed by atoms with van der Waals surface area (Å²) in [4.78, 5) is 23.0.